The average molecular weight is 333 g/mol. The topological polar surface area (TPSA) is 25.4 Å². The van der Waals surface area contributed by atoms with E-state index in [2.05, 4.69) is 56.1 Å². The van der Waals surface area contributed by atoms with Crippen molar-refractivity contribution in [2.24, 2.45) is 0 Å². The summed E-state index contributed by atoms with van der Waals surface area (Å²) in [7, 11) is 0. The van der Waals surface area contributed by atoms with Gasteiger partial charge in [0.25, 0.3) is 0 Å². The molecule has 3 rings (SSSR count). The normalized spacial score (nSPS) is 16.2. The first kappa shape index (κ1) is 13.7. The smallest absolute Gasteiger partial charge is 0.0594 e. The lowest BCUT2D eigenvalue weighted by atomic mass is 10.1. The highest BCUT2D eigenvalue weighted by molar-refractivity contribution is 9.10. The first-order valence-corrected chi connectivity index (χ1v) is 7.60. The number of rotatable bonds is 3. The molecule has 1 aromatic carbocycles. The molecule has 0 spiro atoms. The van der Waals surface area contributed by atoms with Crippen LogP contribution in [0.4, 0.5) is 0 Å². The van der Waals surface area contributed by atoms with E-state index in [0.717, 1.165) is 42.9 Å². The summed E-state index contributed by atoms with van der Waals surface area (Å²) in [4.78, 5) is 6.64. The predicted molar refractivity (Wildman–Crippen MR) is 83.5 cm³/mol. The molecule has 1 saturated heterocycles. The standard InChI is InChI=1S/C16H17BrN2O/c17-16-9-15(10-18-11-16)14-3-1-13(2-4-14)12-19-5-7-20-8-6-19/h1-4,9-11H,5-8,12H2. The van der Waals surface area contributed by atoms with Crippen LogP contribution in [0.1, 0.15) is 5.56 Å². The Kier molecular flexibility index (Phi) is 4.45. The van der Waals surface area contributed by atoms with E-state index in [1.165, 1.54) is 11.1 Å². The van der Waals surface area contributed by atoms with Gasteiger partial charge in [-0.3, -0.25) is 9.88 Å². The van der Waals surface area contributed by atoms with Crippen LogP contribution in [-0.2, 0) is 11.3 Å². The lowest BCUT2D eigenvalue weighted by Gasteiger charge is -2.26. The van der Waals surface area contributed by atoms with Crippen molar-refractivity contribution >= 4 is 15.9 Å². The zero-order chi connectivity index (χ0) is 13.8. The van der Waals surface area contributed by atoms with Crippen LogP contribution in [0.15, 0.2) is 47.2 Å². The highest BCUT2D eigenvalue weighted by Crippen LogP contribution is 2.22. The molecular formula is C16H17BrN2O. The summed E-state index contributed by atoms with van der Waals surface area (Å²) in [6.45, 7) is 4.75. The molecule has 1 aliphatic heterocycles. The summed E-state index contributed by atoms with van der Waals surface area (Å²) in [5.74, 6) is 0. The molecule has 0 N–H and O–H groups in total. The minimum absolute atomic E-state index is 0.849. The SMILES string of the molecule is Brc1cncc(-c2ccc(CN3CCOCC3)cc2)c1. The van der Waals surface area contributed by atoms with Crippen molar-refractivity contribution < 1.29 is 4.74 Å². The van der Waals surface area contributed by atoms with Gasteiger partial charge in [-0.15, -0.1) is 0 Å². The van der Waals surface area contributed by atoms with Crippen LogP contribution in [0.2, 0.25) is 0 Å². The second-order valence-corrected chi connectivity index (χ2v) is 5.89. The molecule has 0 radical (unpaired) electrons. The maximum atomic E-state index is 5.37. The number of benzene rings is 1. The third-order valence-electron chi connectivity index (χ3n) is 3.50. The molecule has 0 saturated carbocycles. The van der Waals surface area contributed by atoms with E-state index in [-0.39, 0.29) is 0 Å². The Balaban J connectivity index is 1.71. The van der Waals surface area contributed by atoms with Gasteiger partial charge < -0.3 is 4.74 Å². The maximum absolute atomic E-state index is 5.37. The van der Waals surface area contributed by atoms with Crippen molar-refractivity contribution in [3.63, 3.8) is 0 Å². The van der Waals surface area contributed by atoms with E-state index >= 15 is 0 Å². The van der Waals surface area contributed by atoms with Gasteiger partial charge in [-0.05, 0) is 33.1 Å². The van der Waals surface area contributed by atoms with Crippen molar-refractivity contribution in [2.45, 2.75) is 6.54 Å². The highest BCUT2D eigenvalue weighted by Gasteiger charge is 2.10. The molecule has 0 unspecified atom stereocenters. The van der Waals surface area contributed by atoms with Crippen LogP contribution in [0.25, 0.3) is 11.1 Å². The van der Waals surface area contributed by atoms with E-state index < -0.39 is 0 Å². The van der Waals surface area contributed by atoms with Crippen LogP contribution < -0.4 is 0 Å². The fourth-order valence-corrected chi connectivity index (χ4v) is 2.75. The zero-order valence-electron chi connectivity index (χ0n) is 11.3. The summed E-state index contributed by atoms with van der Waals surface area (Å²) < 4.78 is 6.38. The molecule has 104 valence electrons. The van der Waals surface area contributed by atoms with Crippen molar-refractivity contribution in [3.8, 4) is 11.1 Å². The summed E-state index contributed by atoms with van der Waals surface area (Å²) in [5, 5.41) is 0. The van der Waals surface area contributed by atoms with Crippen molar-refractivity contribution in [3.05, 3.63) is 52.8 Å². The maximum Gasteiger partial charge on any atom is 0.0594 e. The van der Waals surface area contributed by atoms with Gasteiger partial charge in [0, 0.05) is 42.1 Å². The Morgan fingerprint density at radius 2 is 1.80 bits per heavy atom. The lowest BCUT2D eigenvalue weighted by molar-refractivity contribution is 0.0342. The predicted octanol–water partition coefficient (Wildman–Crippen LogP) is 3.34. The highest BCUT2D eigenvalue weighted by atomic mass is 79.9. The second kappa shape index (κ2) is 6.48. The number of pyridine rings is 1. The Morgan fingerprint density at radius 3 is 2.50 bits per heavy atom. The summed E-state index contributed by atoms with van der Waals surface area (Å²) in [5.41, 5.74) is 3.68. The summed E-state index contributed by atoms with van der Waals surface area (Å²) >= 11 is 3.46. The lowest BCUT2D eigenvalue weighted by Crippen LogP contribution is -2.35. The molecule has 20 heavy (non-hydrogen) atoms. The summed E-state index contributed by atoms with van der Waals surface area (Å²) in [6, 6.07) is 10.8. The molecule has 1 aliphatic rings. The molecule has 0 amide bonds. The number of hydrogen-bond donors (Lipinski definition) is 0. The van der Waals surface area contributed by atoms with Crippen molar-refractivity contribution in [1.82, 2.24) is 9.88 Å². The Bertz CT molecular complexity index is 565. The van der Waals surface area contributed by atoms with Gasteiger partial charge in [-0.2, -0.15) is 0 Å². The van der Waals surface area contributed by atoms with E-state index in [1.54, 1.807) is 6.20 Å². The number of halogens is 1. The second-order valence-electron chi connectivity index (χ2n) is 4.98. The van der Waals surface area contributed by atoms with Gasteiger partial charge in [0.1, 0.15) is 0 Å². The Hall–Kier alpha value is -1.23. The van der Waals surface area contributed by atoms with E-state index in [9.17, 15) is 0 Å². The molecular weight excluding hydrogens is 316 g/mol. The molecule has 2 aromatic rings. The van der Waals surface area contributed by atoms with E-state index in [0.29, 0.717) is 0 Å². The molecule has 0 bridgehead atoms. The van der Waals surface area contributed by atoms with E-state index in [1.807, 2.05) is 6.20 Å². The minimum Gasteiger partial charge on any atom is -0.379 e. The summed E-state index contributed by atoms with van der Waals surface area (Å²) in [6.07, 6.45) is 3.69. The van der Waals surface area contributed by atoms with Gasteiger partial charge in [0.2, 0.25) is 0 Å². The van der Waals surface area contributed by atoms with Crippen LogP contribution in [-0.4, -0.2) is 36.2 Å². The third-order valence-corrected chi connectivity index (χ3v) is 3.94. The molecule has 0 aliphatic carbocycles. The van der Waals surface area contributed by atoms with Crippen molar-refractivity contribution in [2.75, 3.05) is 26.3 Å². The van der Waals surface area contributed by atoms with Crippen LogP contribution in [0.3, 0.4) is 0 Å². The van der Waals surface area contributed by atoms with Gasteiger partial charge >= 0.3 is 0 Å². The number of aromatic nitrogens is 1. The monoisotopic (exact) mass is 332 g/mol. The van der Waals surface area contributed by atoms with Gasteiger partial charge in [-0.1, -0.05) is 24.3 Å². The minimum atomic E-state index is 0.849. The zero-order valence-corrected chi connectivity index (χ0v) is 12.8. The van der Waals surface area contributed by atoms with Crippen LogP contribution >= 0.6 is 15.9 Å². The van der Waals surface area contributed by atoms with Gasteiger partial charge in [-0.25, -0.2) is 0 Å². The molecule has 2 heterocycles. The van der Waals surface area contributed by atoms with Gasteiger partial charge in [0.05, 0.1) is 13.2 Å². The van der Waals surface area contributed by atoms with Crippen LogP contribution in [0, 0.1) is 0 Å². The number of hydrogen-bond acceptors (Lipinski definition) is 3. The molecule has 0 atom stereocenters. The first-order valence-electron chi connectivity index (χ1n) is 6.81. The third kappa shape index (κ3) is 3.45. The molecule has 3 nitrogen and oxygen atoms in total. The fourth-order valence-electron chi connectivity index (χ4n) is 2.39. The molecule has 1 aromatic heterocycles. The number of morpholine rings is 1. The Labute approximate surface area is 127 Å². The van der Waals surface area contributed by atoms with Gasteiger partial charge in [0.15, 0.2) is 0 Å². The van der Waals surface area contributed by atoms with Crippen LogP contribution in [0.5, 0.6) is 0 Å². The quantitative estimate of drug-likeness (QED) is 0.861. The van der Waals surface area contributed by atoms with Crippen molar-refractivity contribution in [1.29, 1.82) is 0 Å². The largest absolute Gasteiger partial charge is 0.379 e. The average Bonchev–Trinajstić information content (AvgIpc) is 2.49. The van der Waals surface area contributed by atoms with E-state index in [4.69, 9.17) is 4.74 Å². The molecule has 1 fully saturated rings. The number of ether oxygens (including phenoxy) is 1. The molecule has 4 heteroatoms. The number of nitrogens with zero attached hydrogens (tertiary/aromatic N) is 2. The first-order chi connectivity index (χ1) is 9.81. The fraction of sp³-hybridized carbons (Fsp3) is 0.312. The Morgan fingerprint density at radius 1 is 1.05 bits per heavy atom.